The average molecular weight is 401 g/mol. The number of hydrogen-bond acceptors (Lipinski definition) is 4. The van der Waals surface area contributed by atoms with Gasteiger partial charge in [0.2, 0.25) is 5.91 Å². The Hall–Kier alpha value is -0.920. The molecule has 23 heavy (non-hydrogen) atoms. The molecular formula is C16H21BrN2O3S. The predicted octanol–water partition coefficient (Wildman–Crippen LogP) is 2.06. The lowest BCUT2D eigenvalue weighted by molar-refractivity contribution is -0.123. The van der Waals surface area contributed by atoms with Gasteiger partial charge in [0.15, 0.2) is 9.84 Å². The van der Waals surface area contributed by atoms with Crippen molar-refractivity contribution in [2.24, 2.45) is 0 Å². The zero-order valence-electron chi connectivity index (χ0n) is 13.1. The molecule has 2 fully saturated rings. The molecule has 0 aromatic heterocycles. The Bertz CT molecular complexity index is 690. The van der Waals surface area contributed by atoms with E-state index in [0.717, 1.165) is 29.5 Å². The third-order valence-corrected chi connectivity index (χ3v) is 6.83. The number of carbonyl (C=O) groups is 1. The number of anilines is 1. The second-order valence-electron chi connectivity index (χ2n) is 6.28. The fraction of sp³-hybridized carbons (Fsp3) is 0.562. The van der Waals surface area contributed by atoms with Gasteiger partial charge in [-0.05, 0) is 37.2 Å². The third kappa shape index (κ3) is 3.46. The zero-order valence-corrected chi connectivity index (χ0v) is 15.5. The van der Waals surface area contributed by atoms with Crippen molar-refractivity contribution in [1.29, 1.82) is 0 Å². The minimum Gasteiger partial charge on any atom is -0.306 e. The number of unbranched alkanes of at least 4 members (excludes halogenated alkanes) is 1. The highest BCUT2D eigenvalue weighted by atomic mass is 79.9. The Balaban J connectivity index is 1.93. The number of piperazine rings is 1. The topological polar surface area (TPSA) is 57.7 Å². The number of halogens is 1. The summed E-state index contributed by atoms with van der Waals surface area (Å²) >= 11 is 3.39. The molecule has 7 heteroatoms. The van der Waals surface area contributed by atoms with E-state index >= 15 is 0 Å². The van der Waals surface area contributed by atoms with Crippen LogP contribution in [-0.4, -0.2) is 55.9 Å². The number of rotatable bonds is 4. The predicted molar refractivity (Wildman–Crippen MR) is 94.3 cm³/mol. The van der Waals surface area contributed by atoms with Crippen LogP contribution >= 0.6 is 15.9 Å². The van der Waals surface area contributed by atoms with Crippen molar-refractivity contribution in [2.75, 3.05) is 29.5 Å². The highest BCUT2D eigenvalue weighted by molar-refractivity contribution is 9.10. The van der Waals surface area contributed by atoms with Crippen LogP contribution in [0.15, 0.2) is 28.7 Å². The van der Waals surface area contributed by atoms with Crippen LogP contribution in [0.5, 0.6) is 0 Å². The number of hydrogen-bond donors (Lipinski definition) is 0. The first-order chi connectivity index (χ1) is 10.9. The maximum Gasteiger partial charge on any atom is 0.241 e. The molecule has 126 valence electrons. The molecule has 0 unspecified atom stereocenters. The highest BCUT2D eigenvalue weighted by Gasteiger charge is 2.49. The minimum atomic E-state index is -3.10. The number of fused-ring (bicyclic) bond motifs is 1. The normalized spacial score (nSPS) is 27.2. The lowest BCUT2D eigenvalue weighted by atomic mass is 10.0. The van der Waals surface area contributed by atoms with Gasteiger partial charge in [0, 0.05) is 16.2 Å². The molecule has 0 saturated carbocycles. The van der Waals surface area contributed by atoms with Crippen molar-refractivity contribution >= 4 is 37.4 Å². The van der Waals surface area contributed by atoms with E-state index in [1.807, 2.05) is 24.3 Å². The zero-order chi connectivity index (χ0) is 16.6. The second kappa shape index (κ2) is 6.53. The quantitative estimate of drug-likeness (QED) is 0.775. The van der Waals surface area contributed by atoms with E-state index in [-0.39, 0.29) is 29.5 Å². The summed E-state index contributed by atoms with van der Waals surface area (Å²) < 4.78 is 25.3. The lowest BCUT2D eigenvalue weighted by Gasteiger charge is -2.43. The first kappa shape index (κ1) is 16.9. The van der Waals surface area contributed by atoms with Gasteiger partial charge in [0.25, 0.3) is 0 Å². The number of nitrogens with zero attached hydrogens (tertiary/aromatic N) is 2. The summed E-state index contributed by atoms with van der Waals surface area (Å²) in [5.41, 5.74) is 0.778. The fourth-order valence-electron chi connectivity index (χ4n) is 3.50. The van der Waals surface area contributed by atoms with Crippen molar-refractivity contribution in [3.63, 3.8) is 0 Å². The maximum absolute atomic E-state index is 12.7. The van der Waals surface area contributed by atoms with E-state index in [2.05, 4.69) is 27.8 Å². The highest BCUT2D eigenvalue weighted by Crippen LogP contribution is 2.32. The van der Waals surface area contributed by atoms with Gasteiger partial charge in [-0.1, -0.05) is 29.3 Å². The minimum absolute atomic E-state index is 0.0122. The molecule has 2 aliphatic rings. The Kier molecular flexibility index (Phi) is 4.80. The molecule has 0 N–H and O–H groups in total. The van der Waals surface area contributed by atoms with Crippen molar-refractivity contribution in [1.82, 2.24) is 4.90 Å². The molecule has 5 nitrogen and oxygen atoms in total. The van der Waals surface area contributed by atoms with Gasteiger partial charge in [-0.2, -0.15) is 0 Å². The molecule has 2 heterocycles. The van der Waals surface area contributed by atoms with Crippen molar-refractivity contribution in [3.05, 3.63) is 28.7 Å². The summed E-state index contributed by atoms with van der Waals surface area (Å²) in [4.78, 5) is 16.4. The van der Waals surface area contributed by atoms with Crippen molar-refractivity contribution in [3.8, 4) is 0 Å². The molecule has 1 aromatic rings. The summed E-state index contributed by atoms with van der Waals surface area (Å²) in [7, 11) is -3.10. The Morgan fingerprint density at radius 1 is 1.17 bits per heavy atom. The van der Waals surface area contributed by atoms with Crippen LogP contribution in [0, 0.1) is 0 Å². The smallest absolute Gasteiger partial charge is 0.241 e. The fourth-order valence-corrected chi connectivity index (χ4v) is 5.75. The molecule has 2 aliphatic heterocycles. The molecule has 0 aliphatic carbocycles. The molecule has 3 rings (SSSR count). The van der Waals surface area contributed by atoms with Crippen molar-refractivity contribution < 1.29 is 13.2 Å². The molecular weight excluding hydrogens is 380 g/mol. The largest absolute Gasteiger partial charge is 0.306 e. The monoisotopic (exact) mass is 400 g/mol. The van der Waals surface area contributed by atoms with Gasteiger partial charge in [0.1, 0.15) is 0 Å². The van der Waals surface area contributed by atoms with Crippen LogP contribution in [0.25, 0.3) is 0 Å². The molecule has 2 saturated heterocycles. The molecule has 1 amide bonds. The molecule has 1 aromatic carbocycles. The van der Waals surface area contributed by atoms with E-state index in [9.17, 15) is 13.2 Å². The SMILES string of the molecule is CCCCN1CC(=O)N(c2ccc(Br)cc2)[C@@H]2CS(=O)(=O)C[C@@H]21. The van der Waals surface area contributed by atoms with Gasteiger partial charge in [0.05, 0.1) is 24.1 Å². The number of sulfone groups is 1. The van der Waals surface area contributed by atoms with Crippen LogP contribution < -0.4 is 4.90 Å². The standard InChI is InChI=1S/C16H21BrN2O3S/c1-2-3-8-18-9-16(20)19(13-6-4-12(17)5-7-13)15-11-23(21,22)10-14(15)18/h4-7,14-15H,2-3,8-11H2,1H3/t14-,15+/m0/s1. The van der Waals surface area contributed by atoms with Gasteiger partial charge in [-0.15, -0.1) is 0 Å². The second-order valence-corrected chi connectivity index (χ2v) is 9.35. The number of benzene rings is 1. The van der Waals surface area contributed by atoms with Crippen LogP contribution in [-0.2, 0) is 14.6 Å². The third-order valence-electron chi connectivity index (χ3n) is 4.60. The maximum atomic E-state index is 12.7. The summed E-state index contributed by atoms with van der Waals surface area (Å²) in [6.07, 6.45) is 2.01. The molecule has 0 radical (unpaired) electrons. The number of carbonyl (C=O) groups excluding carboxylic acids is 1. The average Bonchev–Trinajstić information content (AvgIpc) is 2.81. The Morgan fingerprint density at radius 3 is 2.48 bits per heavy atom. The van der Waals surface area contributed by atoms with Gasteiger partial charge in [-0.3, -0.25) is 9.69 Å². The summed E-state index contributed by atoms with van der Waals surface area (Å²) in [5, 5.41) is 0. The Morgan fingerprint density at radius 2 is 1.83 bits per heavy atom. The van der Waals surface area contributed by atoms with Crippen molar-refractivity contribution in [2.45, 2.75) is 31.8 Å². The summed E-state index contributed by atoms with van der Waals surface area (Å²) in [6, 6.07) is 7.12. The Labute approximate surface area is 145 Å². The van der Waals surface area contributed by atoms with Crippen LogP contribution in [0.2, 0.25) is 0 Å². The summed E-state index contributed by atoms with van der Waals surface area (Å²) in [5.74, 6) is 0.200. The van der Waals surface area contributed by atoms with Crippen LogP contribution in [0.1, 0.15) is 19.8 Å². The molecule has 0 bridgehead atoms. The number of amides is 1. The van der Waals surface area contributed by atoms with E-state index in [1.165, 1.54) is 0 Å². The lowest BCUT2D eigenvalue weighted by Crippen LogP contribution is -2.62. The van der Waals surface area contributed by atoms with E-state index in [1.54, 1.807) is 4.90 Å². The van der Waals surface area contributed by atoms with Gasteiger partial charge < -0.3 is 4.90 Å². The van der Waals surface area contributed by atoms with Crippen LogP contribution in [0.4, 0.5) is 5.69 Å². The first-order valence-electron chi connectivity index (χ1n) is 7.93. The van der Waals surface area contributed by atoms with Gasteiger partial charge in [-0.25, -0.2) is 8.42 Å². The van der Waals surface area contributed by atoms with E-state index in [4.69, 9.17) is 0 Å². The van der Waals surface area contributed by atoms with Gasteiger partial charge >= 0.3 is 0 Å². The van der Waals surface area contributed by atoms with Crippen LogP contribution in [0.3, 0.4) is 0 Å². The molecule has 2 atom stereocenters. The van der Waals surface area contributed by atoms with E-state index in [0.29, 0.717) is 6.54 Å². The van der Waals surface area contributed by atoms with E-state index < -0.39 is 9.84 Å². The summed E-state index contributed by atoms with van der Waals surface area (Å²) in [6.45, 7) is 3.18. The molecule has 0 spiro atoms. The first-order valence-corrected chi connectivity index (χ1v) is 10.5.